The molecule has 2 aliphatic heterocycles. The summed E-state index contributed by atoms with van der Waals surface area (Å²) in [5, 5.41) is 0. The summed E-state index contributed by atoms with van der Waals surface area (Å²) in [6.45, 7) is 5.14. The summed E-state index contributed by atoms with van der Waals surface area (Å²) in [7, 11) is 2.13. The van der Waals surface area contributed by atoms with E-state index in [2.05, 4.69) is 21.7 Å². The summed E-state index contributed by atoms with van der Waals surface area (Å²) in [4.78, 5) is 32.9. The topological polar surface area (TPSA) is 43.9 Å². The summed E-state index contributed by atoms with van der Waals surface area (Å²) < 4.78 is 0. The molecule has 0 aromatic heterocycles. The molecule has 5 nitrogen and oxygen atoms in total. The third-order valence-electron chi connectivity index (χ3n) is 7.90. The van der Waals surface area contributed by atoms with E-state index in [1.165, 1.54) is 44.9 Å². The van der Waals surface area contributed by atoms with Crippen LogP contribution in [0.3, 0.4) is 0 Å². The molecular weight excluding hydrogens is 338 g/mol. The number of piperazine rings is 1. The maximum absolute atomic E-state index is 13.4. The Morgan fingerprint density at radius 1 is 0.889 bits per heavy atom. The molecule has 2 saturated carbocycles. The Morgan fingerprint density at radius 2 is 1.56 bits per heavy atom. The molecule has 1 spiro atoms. The van der Waals surface area contributed by atoms with Gasteiger partial charge in [-0.15, -0.1) is 0 Å². The molecule has 5 heteroatoms. The maximum atomic E-state index is 13.4. The third kappa shape index (κ3) is 4.03. The summed E-state index contributed by atoms with van der Waals surface area (Å²) in [6.07, 6.45) is 11.7. The minimum absolute atomic E-state index is 0.0405. The van der Waals surface area contributed by atoms with E-state index >= 15 is 0 Å². The zero-order valence-electron chi connectivity index (χ0n) is 17.1. The van der Waals surface area contributed by atoms with Gasteiger partial charge in [-0.05, 0) is 38.6 Å². The van der Waals surface area contributed by atoms with Crippen molar-refractivity contribution in [2.75, 3.05) is 46.3 Å². The monoisotopic (exact) mass is 375 g/mol. The van der Waals surface area contributed by atoms with Gasteiger partial charge in [0.1, 0.15) is 0 Å². The Bertz CT molecular complexity index is 544. The van der Waals surface area contributed by atoms with E-state index in [0.29, 0.717) is 30.7 Å². The predicted molar refractivity (Wildman–Crippen MR) is 106 cm³/mol. The van der Waals surface area contributed by atoms with Crippen LogP contribution in [0.2, 0.25) is 0 Å². The Morgan fingerprint density at radius 3 is 2.22 bits per heavy atom. The fourth-order valence-electron chi connectivity index (χ4n) is 6.10. The highest BCUT2D eigenvalue weighted by molar-refractivity contribution is 5.83. The molecule has 1 unspecified atom stereocenters. The smallest absolute Gasteiger partial charge is 0.228 e. The molecule has 2 saturated heterocycles. The van der Waals surface area contributed by atoms with E-state index in [9.17, 15) is 9.59 Å². The number of carbonyl (C=O) groups excluding carboxylic acids is 2. The van der Waals surface area contributed by atoms with Crippen molar-refractivity contribution in [3.8, 4) is 0 Å². The minimum Gasteiger partial charge on any atom is -0.341 e. The van der Waals surface area contributed by atoms with Crippen LogP contribution >= 0.6 is 0 Å². The van der Waals surface area contributed by atoms with Crippen molar-refractivity contribution in [1.82, 2.24) is 14.7 Å². The van der Waals surface area contributed by atoms with Crippen molar-refractivity contribution in [2.24, 2.45) is 17.3 Å². The van der Waals surface area contributed by atoms with Crippen molar-refractivity contribution < 1.29 is 9.59 Å². The molecule has 4 aliphatic rings. The second-order valence-electron chi connectivity index (χ2n) is 9.73. The van der Waals surface area contributed by atoms with Gasteiger partial charge in [-0.3, -0.25) is 9.59 Å². The van der Waals surface area contributed by atoms with Gasteiger partial charge in [0, 0.05) is 51.1 Å². The van der Waals surface area contributed by atoms with Crippen LogP contribution in [0.5, 0.6) is 0 Å². The highest BCUT2D eigenvalue weighted by atomic mass is 16.2. The summed E-state index contributed by atoms with van der Waals surface area (Å²) in [6, 6.07) is 0. The fourth-order valence-corrected chi connectivity index (χ4v) is 6.10. The lowest BCUT2D eigenvalue weighted by molar-refractivity contribution is -0.140. The molecule has 4 rings (SSSR count). The van der Waals surface area contributed by atoms with E-state index in [1.807, 2.05) is 0 Å². The van der Waals surface area contributed by atoms with Crippen LogP contribution in [0.4, 0.5) is 0 Å². The molecule has 27 heavy (non-hydrogen) atoms. The Balaban J connectivity index is 1.42. The number of hydrogen-bond donors (Lipinski definition) is 0. The largest absolute Gasteiger partial charge is 0.341 e. The zero-order valence-corrected chi connectivity index (χ0v) is 17.1. The molecule has 2 amide bonds. The van der Waals surface area contributed by atoms with Crippen molar-refractivity contribution >= 4 is 11.8 Å². The molecule has 4 fully saturated rings. The highest BCUT2D eigenvalue weighted by Gasteiger charge is 2.53. The molecule has 1 atom stereocenters. The minimum atomic E-state index is 0.0405. The number of likely N-dealkylation sites (tertiary alicyclic amines) is 1. The quantitative estimate of drug-likeness (QED) is 0.762. The summed E-state index contributed by atoms with van der Waals surface area (Å²) in [5.41, 5.74) is 0.0721. The number of rotatable bonds is 3. The number of hydrogen-bond acceptors (Lipinski definition) is 3. The van der Waals surface area contributed by atoms with E-state index in [4.69, 9.17) is 0 Å². The molecule has 0 aromatic rings. The number of nitrogens with zero attached hydrogens (tertiary/aromatic N) is 3. The van der Waals surface area contributed by atoms with Gasteiger partial charge in [0.2, 0.25) is 11.8 Å². The van der Waals surface area contributed by atoms with Gasteiger partial charge < -0.3 is 14.7 Å². The van der Waals surface area contributed by atoms with Crippen LogP contribution in [-0.4, -0.2) is 72.8 Å². The standard InChI is InChI=1S/C22H37N3O2/c1-23-11-13-24(14-12-23)21(27)19-16-25(17-22(19)9-5-6-10-22)20(26)15-18-7-3-2-4-8-18/h18-19H,2-17H2,1H3. The summed E-state index contributed by atoms with van der Waals surface area (Å²) >= 11 is 0. The fraction of sp³-hybridized carbons (Fsp3) is 0.909. The number of carbonyl (C=O) groups is 2. The van der Waals surface area contributed by atoms with Crippen molar-refractivity contribution in [3.63, 3.8) is 0 Å². The first-order valence-electron chi connectivity index (χ1n) is 11.3. The van der Waals surface area contributed by atoms with Gasteiger partial charge in [-0.1, -0.05) is 32.1 Å². The predicted octanol–water partition coefficient (Wildman–Crippen LogP) is 2.75. The zero-order chi connectivity index (χ0) is 18.9. The van der Waals surface area contributed by atoms with Gasteiger partial charge in [0.15, 0.2) is 0 Å². The lowest BCUT2D eigenvalue weighted by Gasteiger charge is -2.37. The average Bonchev–Trinajstić information content (AvgIpc) is 3.30. The first-order chi connectivity index (χ1) is 13.1. The lowest BCUT2D eigenvalue weighted by atomic mass is 9.76. The molecule has 152 valence electrons. The normalized spacial score (nSPS) is 29.6. The lowest BCUT2D eigenvalue weighted by Crippen LogP contribution is -2.51. The van der Waals surface area contributed by atoms with Crippen LogP contribution in [0.1, 0.15) is 64.2 Å². The van der Waals surface area contributed by atoms with Crippen LogP contribution < -0.4 is 0 Å². The molecule has 0 radical (unpaired) electrons. The second kappa shape index (κ2) is 8.10. The van der Waals surface area contributed by atoms with Crippen molar-refractivity contribution in [3.05, 3.63) is 0 Å². The SMILES string of the molecule is CN1CCN(C(=O)C2CN(C(=O)CC3CCCCC3)CC23CCCC3)CC1. The van der Waals surface area contributed by atoms with Crippen LogP contribution in [0.25, 0.3) is 0 Å². The third-order valence-corrected chi connectivity index (χ3v) is 7.90. The van der Waals surface area contributed by atoms with Gasteiger partial charge in [0.05, 0.1) is 5.92 Å². The molecule has 0 N–H and O–H groups in total. The van der Waals surface area contributed by atoms with Gasteiger partial charge in [-0.25, -0.2) is 0 Å². The van der Waals surface area contributed by atoms with Crippen LogP contribution in [0, 0.1) is 17.3 Å². The number of amides is 2. The van der Waals surface area contributed by atoms with Gasteiger partial charge in [-0.2, -0.15) is 0 Å². The first kappa shape index (κ1) is 19.2. The first-order valence-corrected chi connectivity index (χ1v) is 11.3. The van der Waals surface area contributed by atoms with Crippen molar-refractivity contribution in [2.45, 2.75) is 64.2 Å². The van der Waals surface area contributed by atoms with E-state index < -0.39 is 0 Å². The van der Waals surface area contributed by atoms with Gasteiger partial charge in [0.25, 0.3) is 0 Å². The van der Waals surface area contributed by atoms with E-state index in [-0.39, 0.29) is 11.3 Å². The van der Waals surface area contributed by atoms with Crippen molar-refractivity contribution in [1.29, 1.82) is 0 Å². The average molecular weight is 376 g/mol. The Kier molecular flexibility index (Phi) is 5.77. The van der Waals surface area contributed by atoms with E-state index in [0.717, 1.165) is 45.6 Å². The summed E-state index contributed by atoms with van der Waals surface area (Å²) in [5.74, 6) is 1.27. The molecule has 0 bridgehead atoms. The Labute approximate surface area is 164 Å². The van der Waals surface area contributed by atoms with Gasteiger partial charge >= 0.3 is 0 Å². The van der Waals surface area contributed by atoms with Crippen LogP contribution in [-0.2, 0) is 9.59 Å². The second-order valence-corrected chi connectivity index (χ2v) is 9.73. The van der Waals surface area contributed by atoms with Crippen LogP contribution in [0.15, 0.2) is 0 Å². The Hall–Kier alpha value is -1.10. The molecule has 2 heterocycles. The molecule has 2 aliphatic carbocycles. The number of likely N-dealkylation sites (N-methyl/N-ethyl adjacent to an activating group) is 1. The molecule has 0 aromatic carbocycles. The van der Waals surface area contributed by atoms with E-state index in [1.54, 1.807) is 0 Å². The molecular formula is C22H37N3O2. The maximum Gasteiger partial charge on any atom is 0.228 e. The highest BCUT2D eigenvalue weighted by Crippen LogP contribution is 2.50.